The van der Waals surface area contributed by atoms with Gasteiger partial charge in [-0.2, -0.15) is 5.10 Å². The van der Waals surface area contributed by atoms with Crippen molar-refractivity contribution >= 4 is 11.6 Å². The summed E-state index contributed by atoms with van der Waals surface area (Å²) in [6.45, 7) is 0. The van der Waals surface area contributed by atoms with Gasteiger partial charge in [-0.25, -0.2) is 5.01 Å². The van der Waals surface area contributed by atoms with Gasteiger partial charge in [0.2, 0.25) is 0 Å². The molecule has 0 saturated heterocycles. The van der Waals surface area contributed by atoms with Crippen LogP contribution in [-0.2, 0) is 0 Å². The first-order valence-corrected chi connectivity index (χ1v) is 9.53. The molecule has 0 spiro atoms. The summed E-state index contributed by atoms with van der Waals surface area (Å²) >= 11 is 0. The molecule has 2 heterocycles. The van der Waals surface area contributed by atoms with Crippen LogP contribution >= 0.6 is 0 Å². The van der Waals surface area contributed by atoms with Crippen LogP contribution in [-0.4, -0.2) is 30.8 Å². The van der Waals surface area contributed by atoms with Gasteiger partial charge in [-0.05, 0) is 28.3 Å². The molecule has 0 saturated carbocycles. The Morgan fingerprint density at radius 2 is 1.55 bits per heavy atom. The van der Waals surface area contributed by atoms with Crippen LogP contribution in [0.1, 0.15) is 33.9 Å². The van der Waals surface area contributed by atoms with Crippen LogP contribution in [0.25, 0.3) is 11.1 Å². The summed E-state index contributed by atoms with van der Waals surface area (Å²) in [5, 5.41) is 6.23. The SMILES string of the molecule is COc1ccc2c(c1OC)C(=O)N1N=C(c3ccc(-c4ccccc4)cc3)C[C@H]21. The van der Waals surface area contributed by atoms with Crippen molar-refractivity contribution < 1.29 is 14.3 Å². The zero-order valence-corrected chi connectivity index (χ0v) is 16.3. The molecule has 0 bridgehead atoms. The molecular weight excluding hydrogens is 364 g/mol. The van der Waals surface area contributed by atoms with Gasteiger partial charge in [0.05, 0.1) is 31.5 Å². The molecule has 5 heteroatoms. The van der Waals surface area contributed by atoms with E-state index in [0.717, 1.165) is 22.4 Å². The largest absolute Gasteiger partial charge is 0.493 e. The summed E-state index contributed by atoms with van der Waals surface area (Å²) in [7, 11) is 3.12. The van der Waals surface area contributed by atoms with Gasteiger partial charge >= 0.3 is 0 Å². The molecule has 5 rings (SSSR count). The van der Waals surface area contributed by atoms with E-state index in [1.807, 2.05) is 30.3 Å². The molecule has 29 heavy (non-hydrogen) atoms. The van der Waals surface area contributed by atoms with E-state index < -0.39 is 0 Å². The molecule has 144 valence electrons. The molecule has 2 aliphatic heterocycles. The van der Waals surface area contributed by atoms with E-state index in [4.69, 9.17) is 9.47 Å². The predicted octanol–water partition coefficient (Wildman–Crippen LogP) is 4.68. The average molecular weight is 384 g/mol. The summed E-state index contributed by atoms with van der Waals surface area (Å²) < 4.78 is 10.8. The molecule has 0 fully saturated rings. The van der Waals surface area contributed by atoms with Gasteiger partial charge < -0.3 is 9.47 Å². The first-order chi connectivity index (χ1) is 14.2. The number of carbonyl (C=O) groups is 1. The zero-order chi connectivity index (χ0) is 20.0. The third kappa shape index (κ3) is 2.70. The number of benzene rings is 3. The third-order valence-electron chi connectivity index (χ3n) is 5.59. The molecule has 3 aromatic rings. The third-order valence-corrected chi connectivity index (χ3v) is 5.59. The van der Waals surface area contributed by atoms with E-state index in [-0.39, 0.29) is 11.9 Å². The van der Waals surface area contributed by atoms with Crippen LogP contribution in [0.3, 0.4) is 0 Å². The van der Waals surface area contributed by atoms with Crippen LogP contribution in [0.15, 0.2) is 71.8 Å². The summed E-state index contributed by atoms with van der Waals surface area (Å²) in [4.78, 5) is 13.0. The lowest BCUT2D eigenvalue weighted by atomic mass is 9.96. The van der Waals surface area contributed by atoms with E-state index >= 15 is 0 Å². The number of carbonyl (C=O) groups excluding carboxylic acids is 1. The van der Waals surface area contributed by atoms with E-state index in [9.17, 15) is 4.79 Å². The quantitative estimate of drug-likeness (QED) is 0.656. The van der Waals surface area contributed by atoms with Gasteiger partial charge in [-0.15, -0.1) is 0 Å². The van der Waals surface area contributed by atoms with Gasteiger partial charge in [0.15, 0.2) is 11.5 Å². The summed E-state index contributed by atoms with van der Waals surface area (Å²) in [5.74, 6) is 0.895. The van der Waals surface area contributed by atoms with Crippen molar-refractivity contribution in [2.45, 2.75) is 12.5 Å². The smallest absolute Gasteiger partial charge is 0.278 e. The number of amides is 1. The highest BCUT2D eigenvalue weighted by atomic mass is 16.5. The lowest BCUT2D eigenvalue weighted by molar-refractivity contribution is 0.0753. The molecular formula is C24H20N2O3. The Morgan fingerprint density at radius 3 is 2.24 bits per heavy atom. The highest BCUT2D eigenvalue weighted by molar-refractivity contribution is 6.09. The molecule has 0 unspecified atom stereocenters. The number of ether oxygens (including phenoxy) is 2. The Kier molecular flexibility index (Phi) is 4.09. The molecule has 2 aliphatic rings. The number of hydrazone groups is 1. The minimum absolute atomic E-state index is 0.0962. The predicted molar refractivity (Wildman–Crippen MR) is 111 cm³/mol. The summed E-state index contributed by atoms with van der Waals surface area (Å²) in [5.41, 5.74) is 5.79. The highest BCUT2D eigenvalue weighted by Gasteiger charge is 2.44. The number of nitrogens with zero attached hydrogens (tertiary/aromatic N) is 2. The van der Waals surface area contributed by atoms with Crippen LogP contribution in [0.5, 0.6) is 11.5 Å². The number of fused-ring (bicyclic) bond motifs is 3. The van der Waals surface area contributed by atoms with E-state index in [2.05, 4.69) is 41.5 Å². The second-order valence-corrected chi connectivity index (χ2v) is 7.13. The molecule has 0 aliphatic carbocycles. The maximum absolute atomic E-state index is 13.0. The van der Waals surface area contributed by atoms with Crippen LogP contribution in [0.2, 0.25) is 0 Å². The van der Waals surface area contributed by atoms with Crippen molar-refractivity contribution in [3.05, 3.63) is 83.4 Å². The molecule has 0 aromatic heterocycles. The first-order valence-electron chi connectivity index (χ1n) is 9.53. The van der Waals surface area contributed by atoms with Crippen molar-refractivity contribution in [2.24, 2.45) is 5.10 Å². The minimum atomic E-state index is -0.142. The van der Waals surface area contributed by atoms with E-state index in [1.54, 1.807) is 19.2 Å². The fourth-order valence-electron chi connectivity index (χ4n) is 4.16. The maximum Gasteiger partial charge on any atom is 0.278 e. The summed E-state index contributed by atoms with van der Waals surface area (Å²) in [6.07, 6.45) is 0.679. The lowest BCUT2D eigenvalue weighted by Crippen LogP contribution is -2.18. The van der Waals surface area contributed by atoms with Crippen molar-refractivity contribution in [2.75, 3.05) is 14.2 Å². The number of hydrogen-bond donors (Lipinski definition) is 0. The molecule has 1 amide bonds. The molecule has 0 N–H and O–H groups in total. The lowest BCUT2D eigenvalue weighted by Gasteiger charge is -2.12. The minimum Gasteiger partial charge on any atom is -0.493 e. The second-order valence-electron chi connectivity index (χ2n) is 7.13. The number of methoxy groups -OCH3 is 2. The van der Waals surface area contributed by atoms with E-state index in [0.29, 0.717) is 23.5 Å². The topological polar surface area (TPSA) is 51.1 Å². The molecule has 1 atom stereocenters. The normalized spacial score (nSPS) is 17.0. The van der Waals surface area contributed by atoms with E-state index in [1.165, 1.54) is 5.56 Å². The van der Waals surface area contributed by atoms with Gasteiger partial charge in [0.25, 0.3) is 5.91 Å². The number of hydrogen-bond acceptors (Lipinski definition) is 4. The van der Waals surface area contributed by atoms with Crippen molar-refractivity contribution in [3.63, 3.8) is 0 Å². The van der Waals surface area contributed by atoms with Crippen LogP contribution < -0.4 is 9.47 Å². The Labute approximate surface area is 169 Å². The Hall–Kier alpha value is -3.60. The Morgan fingerprint density at radius 1 is 0.862 bits per heavy atom. The number of rotatable bonds is 4. The fraction of sp³-hybridized carbons (Fsp3) is 0.167. The standard InChI is InChI=1S/C24H20N2O3/c1-28-21-13-12-18-20-14-19(25-26(20)24(27)22(18)23(21)29-2)17-10-8-16(9-11-17)15-6-4-3-5-7-15/h3-13,20H,14H2,1-2H3/t20-/m1/s1. The average Bonchev–Trinajstić information content (AvgIpc) is 3.33. The van der Waals surface area contributed by atoms with Crippen molar-refractivity contribution in [3.8, 4) is 22.6 Å². The van der Waals surface area contributed by atoms with Gasteiger partial charge in [0, 0.05) is 6.42 Å². The van der Waals surface area contributed by atoms with Gasteiger partial charge in [0.1, 0.15) is 0 Å². The zero-order valence-electron chi connectivity index (χ0n) is 16.3. The molecule has 0 radical (unpaired) electrons. The summed E-state index contributed by atoms with van der Waals surface area (Å²) in [6, 6.07) is 22.3. The Balaban J connectivity index is 1.45. The molecule has 3 aromatic carbocycles. The highest BCUT2D eigenvalue weighted by Crippen LogP contribution is 2.47. The molecule has 5 nitrogen and oxygen atoms in total. The first kappa shape index (κ1) is 17.5. The Bertz CT molecular complexity index is 1120. The van der Waals surface area contributed by atoms with Crippen LogP contribution in [0, 0.1) is 0 Å². The van der Waals surface area contributed by atoms with Crippen molar-refractivity contribution in [1.29, 1.82) is 0 Å². The van der Waals surface area contributed by atoms with Gasteiger partial charge in [-0.1, -0.05) is 60.7 Å². The second kappa shape index (κ2) is 6.78. The monoisotopic (exact) mass is 384 g/mol. The fourth-order valence-corrected chi connectivity index (χ4v) is 4.16. The van der Waals surface area contributed by atoms with Crippen LogP contribution in [0.4, 0.5) is 0 Å². The maximum atomic E-state index is 13.0. The van der Waals surface area contributed by atoms with Crippen molar-refractivity contribution in [1.82, 2.24) is 5.01 Å². The van der Waals surface area contributed by atoms with Gasteiger partial charge in [-0.3, -0.25) is 4.79 Å².